The average molecular weight is 527 g/mol. The van der Waals surface area contributed by atoms with Gasteiger partial charge < -0.3 is 29.0 Å². The summed E-state index contributed by atoms with van der Waals surface area (Å²) in [5.41, 5.74) is 5.47. The molecule has 2 aromatic carbocycles. The highest BCUT2D eigenvalue weighted by Gasteiger charge is 2.23. The number of anilines is 2. The molecule has 1 saturated heterocycles. The van der Waals surface area contributed by atoms with Crippen molar-refractivity contribution in [2.75, 3.05) is 50.7 Å². The van der Waals surface area contributed by atoms with Gasteiger partial charge in [-0.1, -0.05) is 12.1 Å². The van der Waals surface area contributed by atoms with Crippen LogP contribution in [0.15, 0.2) is 54.9 Å². The van der Waals surface area contributed by atoms with Crippen LogP contribution in [0.3, 0.4) is 0 Å². The molecule has 10 nitrogen and oxygen atoms in total. The highest BCUT2D eigenvalue weighted by molar-refractivity contribution is 6.08. The van der Waals surface area contributed by atoms with Crippen LogP contribution in [0.5, 0.6) is 11.5 Å². The molecule has 6 rings (SSSR count). The normalized spacial score (nSPS) is 13.7. The molecule has 39 heavy (non-hydrogen) atoms. The quantitative estimate of drug-likeness (QED) is 0.352. The first-order valence-corrected chi connectivity index (χ1v) is 12.8. The Hall–Kier alpha value is -4.57. The predicted octanol–water partition coefficient (Wildman–Crippen LogP) is 4.30. The van der Waals surface area contributed by atoms with Crippen LogP contribution in [0, 0.1) is 6.92 Å². The largest absolute Gasteiger partial charge is 0.496 e. The third-order valence-corrected chi connectivity index (χ3v) is 7.24. The molecule has 200 valence electrons. The van der Waals surface area contributed by atoms with Gasteiger partial charge in [-0.15, -0.1) is 0 Å². The Bertz CT molecular complexity index is 1700. The number of imidazole rings is 1. The van der Waals surface area contributed by atoms with Crippen molar-refractivity contribution in [3.05, 3.63) is 66.2 Å². The highest BCUT2D eigenvalue weighted by atomic mass is 16.5. The molecule has 1 amide bonds. The summed E-state index contributed by atoms with van der Waals surface area (Å²) in [4.78, 5) is 25.1. The van der Waals surface area contributed by atoms with E-state index in [2.05, 4.69) is 19.6 Å². The van der Waals surface area contributed by atoms with E-state index in [-0.39, 0.29) is 5.91 Å². The summed E-state index contributed by atoms with van der Waals surface area (Å²) in [7, 11) is 5.08. The lowest BCUT2D eigenvalue weighted by atomic mass is 10.1. The van der Waals surface area contributed by atoms with Gasteiger partial charge in [0.15, 0.2) is 0 Å². The lowest BCUT2D eigenvalue weighted by Gasteiger charge is -2.27. The van der Waals surface area contributed by atoms with Gasteiger partial charge in [-0.2, -0.15) is 0 Å². The zero-order chi connectivity index (χ0) is 27.1. The molecule has 0 radical (unpaired) electrons. The van der Waals surface area contributed by atoms with Crippen molar-refractivity contribution in [3.8, 4) is 22.8 Å². The van der Waals surface area contributed by atoms with Gasteiger partial charge in [0.1, 0.15) is 22.9 Å². The minimum Gasteiger partial charge on any atom is -0.496 e. The minimum absolute atomic E-state index is 0.246. The maximum atomic E-state index is 13.4. The van der Waals surface area contributed by atoms with Crippen LogP contribution in [-0.2, 0) is 11.8 Å². The molecule has 1 aliphatic heterocycles. The Labute approximate surface area is 225 Å². The Kier molecular flexibility index (Phi) is 6.32. The van der Waals surface area contributed by atoms with E-state index in [0.717, 1.165) is 58.2 Å². The van der Waals surface area contributed by atoms with E-state index in [4.69, 9.17) is 19.2 Å². The van der Waals surface area contributed by atoms with Crippen molar-refractivity contribution in [1.82, 2.24) is 18.9 Å². The number of hydrogen-bond donors (Lipinski definition) is 1. The molecule has 1 fully saturated rings. The highest BCUT2D eigenvalue weighted by Crippen LogP contribution is 2.36. The number of ether oxygens (including phenoxy) is 3. The predicted molar refractivity (Wildman–Crippen MR) is 150 cm³/mol. The summed E-state index contributed by atoms with van der Waals surface area (Å²) in [6.07, 6.45) is 3.73. The number of fused-ring (bicyclic) bond motifs is 2. The second-order valence-corrected chi connectivity index (χ2v) is 9.44. The molecule has 0 saturated carbocycles. The number of benzene rings is 2. The first-order valence-electron chi connectivity index (χ1n) is 12.8. The fourth-order valence-corrected chi connectivity index (χ4v) is 5.23. The molecular weight excluding hydrogens is 496 g/mol. The molecule has 0 atom stereocenters. The van der Waals surface area contributed by atoms with Crippen LogP contribution in [0.1, 0.15) is 16.2 Å². The first kappa shape index (κ1) is 24.7. The van der Waals surface area contributed by atoms with Crippen molar-refractivity contribution < 1.29 is 19.0 Å². The molecule has 0 aliphatic carbocycles. The van der Waals surface area contributed by atoms with Crippen molar-refractivity contribution in [3.63, 3.8) is 0 Å². The molecule has 4 heterocycles. The van der Waals surface area contributed by atoms with Crippen molar-refractivity contribution >= 4 is 34.0 Å². The van der Waals surface area contributed by atoms with E-state index in [1.807, 2.05) is 67.2 Å². The average Bonchev–Trinajstić information content (AvgIpc) is 3.53. The number of nitrogens with one attached hydrogen (secondary N) is 1. The summed E-state index contributed by atoms with van der Waals surface area (Å²) < 4.78 is 20.7. The lowest BCUT2D eigenvalue weighted by Crippen LogP contribution is -2.37. The van der Waals surface area contributed by atoms with Crippen LogP contribution >= 0.6 is 0 Å². The van der Waals surface area contributed by atoms with E-state index in [0.29, 0.717) is 30.3 Å². The Morgan fingerprint density at radius 2 is 1.85 bits per heavy atom. The minimum atomic E-state index is -0.246. The molecule has 0 unspecified atom stereocenters. The lowest BCUT2D eigenvalue weighted by molar-refractivity contribution is 0.101. The van der Waals surface area contributed by atoms with Crippen LogP contribution in [0.4, 0.5) is 11.6 Å². The van der Waals surface area contributed by atoms with Crippen molar-refractivity contribution in [1.29, 1.82) is 0 Å². The van der Waals surface area contributed by atoms with Crippen LogP contribution in [0.25, 0.3) is 27.7 Å². The molecule has 0 spiro atoms. The SMILES string of the molecule is COc1cc(-c2nc(N3CCOCC3)n3ccnc(C)c23)ccc1NC(=O)c1cc2c(OC)cccc2n1C. The molecule has 5 aromatic rings. The van der Waals surface area contributed by atoms with E-state index >= 15 is 0 Å². The van der Waals surface area contributed by atoms with E-state index < -0.39 is 0 Å². The standard InChI is InChI=1S/C29H30N6O4/c1-18-27-26(32-29(35(27)11-10-30-18)34-12-14-39-15-13-34)19-8-9-21(25(16-19)38-4)31-28(36)23-17-20-22(33(23)2)6-5-7-24(20)37-3/h5-11,16-17H,12-15H2,1-4H3,(H,31,36). The van der Waals surface area contributed by atoms with E-state index in [1.165, 1.54) is 0 Å². The molecule has 1 N–H and O–H groups in total. The summed E-state index contributed by atoms with van der Waals surface area (Å²) in [6.45, 7) is 4.86. The van der Waals surface area contributed by atoms with Crippen molar-refractivity contribution in [2.24, 2.45) is 7.05 Å². The van der Waals surface area contributed by atoms with Crippen LogP contribution in [-0.4, -0.2) is 65.4 Å². The third kappa shape index (κ3) is 4.22. The maximum Gasteiger partial charge on any atom is 0.272 e. The van der Waals surface area contributed by atoms with Gasteiger partial charge in [0, 0.05) is 43.5 Å². The summed E-state index contributed by atoms with van der Waals surface area (Å²) in [6, 6.07) is 13.3. The Balaban J connectivity index is 1.36. The van der Waals surface area contributed by atoms with E-state index in [1.54, 1.807) is 20.4 Å². The monoisotopic (exact) mass is 526 g/mol. The topological polar surface area (TPSA) is 95.2 Å². The summed E-state index contributed by atoms with van der Waals surface area (Å²) in [5, 5.41) is 3.89. The number of rotatable bonds is 6. The molecular formula is C29H30N6O4. The van der Waals surface area contributed by atoms with Crippen molar-refractivity contribution in [2.45, 2.75) is 6.92 Å². The van der Waals surface area contributed by atoms with Gasteiger partial charge in [-0.05, 0) is 37.3 Å². The zero-order valence-corrected chi connectivity index (χ0v) is 22.4. The summed E-state index contributed by atoms with van der Waals surface area (Å²) >= 11 is 0. The number of amides is 1. The Morgan fingerprint density at radius 1 is 1.05 bits per heavy atom. The number of aryl methyl sites for hydroxylation is 2. The van der Waals surface area contributed by atoms with E-state index in [9.17, 15) is 4.79 Å². The molecule has 3 aromatic heterocycles. The Morgan fingerprint density at radius 3 is 2.62 bits per heavy atom. The number of nitrogens with zero attached hydrogens (tertiary/aromatic N) is 5. The van der Waals surface area contributed by atoms with Gasteiger partial charge in [-0.3, -0.25) is 14.2 Å². The number of carbonyl (C=O) groups is 1. The first-order chi connectivity index (χ1) is 19.0. The molecule has 0 bridgehead atoms. The zero-order valence-electron chi connectivity index (χ0n) is 22.4. The number of aromatic nitrogens is 4. The maximum absolute atomic E-state index is 13.4. The fraction of sp³-hybridized carbons (Fsp3) is 0.276. The van der Waals surface area contributed by atoms with Gasteiger partial charge in [0.05, 0.1) is 49.8 Å². The smallest absolute Gasteiger partial charge is 0.272 e. The number of methoxy groups -OCH3 is 2. The molecule has 1 aliphatic rings. The second-order valence-electron chi connectivity index (χ2n) is 9.44. The second kappa shape index (κ2) is 9.95. The van der Waals surface area contributed by atoms with Gasteiger partial charge in [0.25, 0.3) is 5.91 Å². The van der Waals surface area contributed by atoms with Crippen LogP contribution in [0.2, 0.25) is 0 Å². The fourth-order valence-electron chi connectivity index (χ4n) is 5.23. The van der Waals surface area contributed by atoms with Gasteiger partial charge >= 0.3 is 0 Å². The number of hydrogen-bond acceptors (Lipinski definition) is 7. The van der Waals surface area contributed by atoms with Crippen LogP contribution < -0.4 is 19.7 Å². The van der Waals surface area contributed by atoms with Gasteiger partial charge in [-0.25, -0.2) is 4.98 Å². The summed E-state index contributed by atoms with van der Waals surface area (Å²) in [5.74, 6) is 1.87. The van der Waals surface area contributed by atoms with Gasteiger partial charge in [0.2, 0.25) is 5.95 Å². The number of morpholine rings is 1. The number of carbonyl (C=O) groups excluding carboxylic acids is 1. The third-order valence-electron chi connectivity index (χ3n) is 7.24. The molecule has 10 heteroatoms.